The molecule has 2 aromatic carbocycles. The maximum atomic E-state index is 12.4. The first-order valence-corrected chi connectivity index (χ1v) is 11.5. The lowest BCUT2D eigenvalue weighted by atomic mass is 10.2. The molecule has 2 aromatic rings. The van der Waals surface area contributed by atoms with Crippen molar-refractivity contribution in [2.75, 3.05) is 11.9 Å². The summed E-state index contributed by atoms with van der Waals surface area (Å²) in [5, 5.41) is 7.17. The van der Waals surface area contributed by atoms with Crippen molar-refractivity contribution in [1.29, 1.82) is 0 Å². The van der Waals surface area contributed by atoms with Crippen LogP contribution in [0.5, 0.6) is 0 Å². The molecule has 1 saturated heterocycles. The zero-order valence-corrected chi connectivity index (χ0v) is 17.9. The van der Waals surface area contributed by atoms with Gasteiger partial charge in [-0.05, 0) is 47.7 Å². The number of nitrogens with zero attached hydrogens (tertiary/aromatic N) is 1. The van der Waals surface area contributed by atoms with Crippen LogP contribution in [0.1, 0.15) is 12.0 Å². The van der Waals surface area contributed by atoms with Gasteiger partial charge in [-0.2, -0.15) is 0 Å². The van der Waals surface area contributed by atoms with E-state index in [0.717, 1.165) is 22.2 Å². The lowest BCUT2D eigenvalue weighted by molar-refractivity contribution is -0.123. The molecule has 0 bridgehead atoms. The van der Waals surface area contributed by atoms with E-state index >= 15 is 0 Å². The first-order valence-electron chi connectivity index (χ1n) is 9.14. The predicted octanol–water partition coefficient (Wildman–Crippen LogP) is 2.96. The number of carbonyl (C=O) groups is 3. The van der Waals surface area contributed by atoms with Gasteiger partial charge in [-0.15, -0.1) is 0 Å². The van der Waals surface area contributed by atoms with E-state index in [1.165, 1.54) is 24.3 Å². The van der Waals surface area contributed by atoms with Gasteiger partial charge in [-0.1, -0.05) is 42.5 Å². The summed E-state index contributed by atoms with van der Waals surface area (Å²) in [7, 11) is -3.82. The van der Waals surface area contributed by atoms with Crippen molar-refractivity contribution in [2.24, 2.45) is 5.14 Å². The van der Waals surface area contributed by atoms with Gasteiger partial charge in [0, 0.05) is 18.7 Å². The Hall–Kier alpha value is -3.21. The van der Waals surface area contributed by atoms with Crippen LogP contribution >= 0.6 is 11.8 Å². The highest BCUT2D eigenvalue weighted by atomic mass is 32.2. The first-order chi connectivity index (χ1) is 14.7. The average Bonchev–Trinajstić information content (AvgIpc) is 3.00. The van der Waals surface area contributed by atoms with Crippen LogP contribution in [0.2, 0.25) is 0 Å². The minimum absolute atomic E-state index is 0.0640. The van der Waals surface area contributed by atoms with Crippen LogP contribution < -0.4 is 10.5 Å². The Morgan fingerprint density at radius 1 is 1.06 bits per heavy atom. The van der Waals surface area contributed by atoms with Gasteiger partial charge in [0.05, 0.1) is 9.80 Å². The second kappa shape index (κ2) is 9.73. The molecule has 10 heteroatoms. The second-order valence-electron chi connectivity index (χ2n) is 6.49. The van der Waals surface area contributed by atoms with Gasteiger partial charge >= 0.3 is 0 Å². The number of carbonyl (C=O) groups excluding carboxylic acids is 3. The summed E-state index contributed by atoms with van der Waals surface area (Å²) < 4.78 is 22.5. The molecule has 3 rings (SSSR count). The standard InChI is InChI=1S/C21H19N3O5S2/c22-31(28,29)17-11-9-16(10-12-17)23-19(25)13-14-24-20(26)18(30-21(24)27)8-4-7-15-5-2-1-3-6-15/h1-12H,13-14H2,(H,23,25)(H2,22,28,29)/b7-4+,18-8-. The molecule has 0 aliphatic carbocycles. The number of primary sulfonamides is 1. The number of thioether (sulfide) groups is 1. The van der Waals surface area contributed by atoms with Crippen LogP contribution in [0.25, 0.3) is 6.08 Å². The van der Waals surface area contributed by atoms with Crippen LogP contribution in [0.4, 0.5) is 10.5 Å². The predicted molar refractivity (Wildman–Crippen MR) is 119 cm³/mol. The Balaban J connectivity index is 1.54. The van der Waals surface area contributed by atoms with Crippen LogP contribution in [-0.2, 0) is 19.6 Å². The van der Waals surface area contributed by atoms with Crippen molar-refractivity contribution in [2.45, 2.75) is 11.3 Å². The normalized spacial score (nSPS) is 15.8. The summed E-state index contributed by atoms with van der Waals surface area (Å²) in [6.07, 6.45) is 5.00. The van der Waals surface area contributed by atoms with Crippen molar-refractivity contribution in [3.05, 3.63) is 77.2 Å². The molecule has 160 valence electrons. The molecule has 0 atom stereocenters. The maximum absolute atomic E-state index is 12.4. The van der Waals surface area contributed by atoms with E-state index in [0.29, 0.717) is 5.69 Å². The lowest BCUT2D eigenvalue weighted by Crippen LogP contribution is -2.31. The van der Waals surface area contributed by atoms with Crippen LogP contribution in [0, 0.1) is 0 Å². The van der Waals surface area contributed by atoms with Gasteiger partial charge in [0.25, 0.3) is 11.1 Å². The van der Waals surface area contributed by atoms with E-state index in [2.05, 4.69) is 5.32 Å². The van der Waals surface area contributed by atoms with Crippen molar-refractivity contribution in [3.8, 4) is 0 Å². The number of benzene rings is 2. The molecular formula is C21H19N3O5S2. The molecule has 1 fully saturated rings. The minimum atomic E-state index is -3.82. The fourth-order valence-electron chi connectivity index (χ4n) is 2.68. The SMILES string of the molecule is NS(=O)(=O)c1ccc(NC(=O)CCN2C(=O)S/C(=C\C=C\c3ccccc3)C2=O)cc1. The zero-order valence-electron chi connectivity index (χ0n) is 16.2. The fourth-order valence-corrected chi connectivity index (χ4v) is 4.01. The quantitative estimate of drug-likeness (QED) is 0.616. The van der Waals surface area contributed by atoms with Crippen LogP contribution in [-0.4, -0.2) is 36.9 Å². The van der Waals surface area contributed by atoms with Crippen LogP contribution in [0.3, 0.4) is 0 Å². The van der Waals surface area contributed by atoms with Gasteiger partial charge < -0.3 is 5.32 Å². The molecule has 3 N–H and O–H groups in total. The number of rotatable bonds is 7. The summed E-state index contributed by atoms with van der Waals surface area (Å²) in [6.45, 7) is -0.0640. The third-order valence-corrected chi connectivity index (χ3v) is 6.09. The molecule has 3 amide bonds. The number of nitrogens with one attached hydrogen (secondary N) is 1. The van der Waals surface area contributed by atoms with Gasteiger partial charge in [-0.3, -0.25) is 19.3 Å². The number of allylic oxidation sites excluding steroid dienone is 2. The number of amides is 3. The molecule has 0 spiro atoms. The third kappa shape index (κ3) is 6.14. The highest BCUT2D eigenvalue weighted by Crippen LogP contribution is 2.30. The van der Waals surface area contributed by atoms with Crippen LogP contribution in [0.15, 0.2) is 76.5 Å². The topological polar surface area (TPSA) is 127 Å². The minimum Gasteiger partial charge on any atom is -0.326 e. The molecule has 0 saturated carbocycles. The summed E-state index contributed by atoms with van der Waals surface area (Å²) in [6, 6.07) is 14.9. The summed E-state index contributed by atoms with van der Waals surface area (Å²) >= 11 is 0.823. The monoisotopic (exact) mass is 457 g/mol. The van der Waals surface area contributed by atoms with Gasteiger partial charge in [-0.25, -0.2) is 13.6 Å². The Morgan fingerprint density at radius 2 is 1.74 bits per heavy atom. The van der Waals surface area contributed by atoms with E-state index in [1.54, 1.807) is 12.2 Å². The van der Waals surface area contributed by atoms with E-state index < -0.39 is 27.1 Å². The highest BCUT2D eigenvalue weighted by molar-refractivity contribution is 8.18. The zero-order chi connectivity index (χ0) is 22.4. The second-order valence-corrected chi connectivity index (χ2v) is 9.05. The number of hydrogen-bond donors (Lipinski definition) is 2. The molecule has 0 radical (unpaired) electrons. The molecule has 1 aliphatic rings. The Labute approximate surface area is 183 Å². The number of imide groups is 1. The molecular weight excluding hydrogens is 438 g/mol. The molecule has 31 heavy (non-hydrogen) atoms. The number of hydrogen-bond acceptors (Lipinski definition) is 6. The van der Waals surface area contributed by atoms with E-state index in [4.69, 9.17) is 5.14 Å². The van der Waals surface area contributed by atoms with Crippen molar-refractivity contribution in [1.82, 2.24) is 4.90 Å². The molecule has 8 nitrogen and oxygen atoms in total. The maximum Gasteiger partial charge on any atom is 0.293 e. The average molecular weight is 458 g/mol. The summed E-state index contributed by atoms with van der Waals surface area (Å²) in [5.74, 6) is -0.867. The summed E-state index contributed by atoms with van der Waals surface area (Å²) in [4.78, 5) is 38.0. The molecule has 1 heterocycles. The number of sulfonamides is 1. The van der Waals surface area contributed by atoms with Crippen molar-refractivity contribution < 1.29 is 22.8 Å². The smallest absolute Gasteiger partial charge is 0.293 e. The first kappa shape index (κ1) is 22.5. The third-order valence-electron chi connectivity index (χ3n) is 4.24. The van der Waals surface area contributed by atoms with E-state index in [1.807, 2.05) is 36.4 Å². The molecule has 0 aromatic heterocycles. The van der Waals surface area contributed by atoms with Crippen molar-refractivity contribution in [3.63, 3.8) is 0 Å². The largest absolute Gasteiger partial charge is 0.326 e. The lowest BCUT2D eigenvalue weighted by Gasteiger charge is -2.12. The van der Waals surface area contributed by atoms with Gasteiger partial charge in [0.15, 0.2) is 0 Å². The van der Waals surface area contributed by atoms with E-state index in [9.17, 15) is 22.8 Å². The van der Waals surface area contributed by atoms with E-state index in [-0.39, 0.29) is 22.8 Å². The number of nitrogens with two attached hydrogens (primary N) is 1. The Kier molecular flexibility index (Phi) is 7.06. The Bertz CT molecular complexity index is 1160. The highest BCUT2D eigenvalue weighted by Gasteiger charge is 2.34. The Morgan fingerprint density at radius 3 is 2.39 bits per heavy atom. The number of anilines is 1. The van der Waals surface area contributed by atoms with Crippen molar-refractivity contribution >= 4 is 50.6 Å². The molecule has 1 aliphatic heterocycles. The van der Waals surface area contributed by atoms with Gasteiger partial charge in [0.1, 0.15) is 0 Å². The van der Waals surface area contributed by atoms with Gasteiger partial charge in [0.2, 0.25) is 15.9 Å². The fraction of sp³-hybridized carbons (Fsp3) is 0.0952. The summed E-state index contributed by atoms with van der Waals surface area (Å²) in [5.41, 5.74) is 1.34. The molecule has 0 unspecified atom stereocenters.